The minimum Gasteiger partial charge on any atom is -0.384 e. The Morgan fingerprint density at radius 2 is 1.82 bits per heavy atom. The maximum Gasteiger partial charge on any atom is 0.243 e. The van der Waals surface area contributed by atoms with Gasteiger partial charge in [-0.15, -0.1) is 0 Å². The van der Waals surface area contributed by atoms with Crippen LogP contribution in [0.15, 0.2) is 40.4 Å². The zero-order chi connectivity index (χ0) is 20.3. The number of aryl methyl sites for hydroxylation is 1. The lowest BCUT2D eigenvalue weighted by Gasteiger charge is -2.34. The quantitative estimate of drug-likeness (QED) is 0.554. The lowest BCUT2D eigenvalue weighted by atomic mass is 10.3. The number of carbonyl (C=O) groups is 1. The molecule has 0 saturated carbocycles. The Balaban J connectivity index is 1.55. The van der Waals surface area contributed by atoms with Gasteiger partial charge in [0.15, 0.2) is 5.16 Å². The molecular weight excluding hydrogens is 422 g/mol. The van der Waals surface area contributed by atoms with Crippen LogP contribution in [0.1, 0.15) is 5.69 Å². The number of nitrogens with two attached hydrogens (primary N) is 1. The Labute approximate surface area is 173 Å². The summed E-state index contributed by atoms with van der Waals surface area (Å²) in [6.45, 7) is 2.97. The third-order valence-electron chi connectivity index (χ3n) is 4.22. The summed E-state index contributed by atoms with van der Waals surface area (Å²) in [5.74, 6) is 0.452. The average molecular weight is 442 g/mol. The molecule has 2 heterocycles. The predicted molar refractivity (Wildman–Crippen MR) is 109 cm³/mol. The van der Waals surface area contributed by atoms with E-state index in [9.17, 15) is 13.2 Å². The molecule has 0 radical (unpaired) electrons. The lowest BCUT2D eigenvalue weighted by Crippen LogP contribution is -2.50. The van der Waals surface area contributed by atoms with Crippen molar-refractivity contribution in [2.45, 2.75) is 17.0 Å². The zero-order valence-corrected chi connectivity index (χ0v) is 17.6. The number of nitrogens with zero attached hydrogens (tertiary/aromatic N) is 4. The summed E-state index contributed by atoms with van der Waals surface area (Å²) in [6, 6.07) is 7.72. The summed E-state index contributed by atoms with van der Waals surface area (Å²) in [7, 11) is -3.60. The Morgan fingerprint density at radius 1 is 1.18 bits per heavy atom. The monoisotopic (exact) mass is 441 g/mol. The molecule has 1 aliphatic heterocycles. The molecule has 150 valence electrons. The van der Waals surface area contributed by atoms with Crippen LogP contribution in [0.5, 0.6) is 0 Å². The lowest BCUT2D eigenvalue weighted by molar-refractivity contribution is -0.129. The molecule has 8 nitrogen and oxygen atoms in total. The Bertz CT molecular complexity index is 941. The highest BCUT2D eigenvalue weighted by atomic mass is 35.5. The third-order valence-corrected chi connectivity index (χ3v) is 7.22. The molecule has 3 rings (SSSR count). The smallest absolute Gasteiger partial charge is 0.243 e. The number of anilines is 1. The molecule has 1 amide bonds. The number of piperazine rings is 1. The first kappa shape index (κ1) is 20.8. The first-order chi connectivity index (χ1) is 13.3. The summed E-state index contributed by atoms with van der Waals surface area (Å²) in [5, 5.41) is 0.931. The van der Waals surface area contributed by atoms with Crippen LogP contribution in [0.25, 0.3) is 0 Å². The molecule has 1 aliphatic rings. The van der Waals surface area contributed by atoms with Gasteiger partial charge in [0.2, 0.25) is 15.9 Å². The number of rotatable bonds is 5. The second kappa shape index (κ2) is 8.64. The van der Waals surface area contributed by atoms with Gasteiger partial charge < -0.3 is 10.6 Å². The average Bonchev–Trinajstić information content (AvgIpc) is 2.66. The van der Waals surface area contributed by atoms with Gasteiger partial charge in [-0.2, -0.15) is 4.31 Å². The van der Waals surface area contributed by atoms with Crippen LogP contribution in [-0.2, 0) is 14.8 Å². The van der Waals surface area contributed by atoms with E-state index in [-0.39, 0.29) is 29.6 Å². The molecule has 1 fully saturated rings. The van der Waals surface area contributed by atoms with E-state index in [0.717, 1.165) is 5.69 Å². The molecule has 11 heteroatoms. The fourth-order valence-corrected chi connectivity index (χ4v) is 5.14. The van der Waals surface area contributed by atoms with Gasteiger partial charge in [-0.3, -0.25) is 4.79 Å². The number of hydrogen-bond donors (Lipinski definition) is 1. The molecule has 0 aliphatic carbocycles. The standard InChI is InChI=1S/C17H20ClN5O3S2/c1-12-10-15(19)21-17(20-12)27-11-16(24)22-6-8-23(9-7-22)28(25,26)14-4-2-13(18)3-5-14/h2-5,10H,6-9,11H2,1H3,(H2,19,20,21). The van der Waals surface area contributed by atoms with Crippen LogP contribution in [0.4, 0.5) is 5.82 Å². The molecule has 1 saturated heterocycles. The van der Waals surface area contributed by atoms with Gasteiger partial charge >= 0.3 is 0 Å². The molecule has 0 bridgehead atoms. The van der Waals surface area contributed by atoms with Crippen LogP contribution in [0.3, 0.4) is 0 Å². The molecular formula is C17H20ClN5O3S2. The highest BCUT2D eigenvalue weighted by Gasteiger charge is 2.30. The van der Waals surface area contributed by atoms with Crippen LogP contribution in [-0.4, -0.2) is 65.4 Å². The normalized spacial score (nSPS) is 15.6. The van der Waals surface area contributed by atoms with Crippen LogP contribution >= 0.6 is 23.4 Å². The van der Waals surface area contributed by atoms with Crippen LogP contribution in [0, 0.1) is 6.92 Å². The first-order valence-electron chi connectivity index (χ1n) is 8.53. The largest absolute Gasteiger partial charge is 0.384 e. The maximum atomic E-state index is 12.7. The van der Waals surface area contributed by atoms with E-state index < -0.39 is 10.0 Å². The second-order valence-corrected chi connectivity index (χ2v) is 9.56. The number of sulfonamides is 1. The molecule has 0 spiro atoms. The number of amides is 1. The third kappa shape index (κ3) is 4.93. The highest BCUT2D eigenvalue weighted by Crippen LogP contribution is 2.21. The van der Waals surface area contributed by atoms with Gasteiger partial charge in [-0.05, 0) is 31.2 Å². The van der Waals surface area contributed by atoms with Gasteiger partial charge in [0.1, 0.15) is 5.82 Å². The molecule has 1 aromatic carbocycles. The fraction of sp³-hybridized carbons (Fsp3) is 0.353. The SMILES string of the molecule is Cc1cc(N)nc(SCC(=O)N2CCN(S(=O)(=O)c3ccc(Cl)cc3)CC2)n1. The van der Waals surface area contributed by atoms with Crippen LogP contribution < -0.4 is 5.73 Å². The van der Waals surface area contributed by atoms with Crippen molar-refractivity contribution in [2.75, 3.05) is 37.7 Å². The Kier molecular flexibility index (Phi) is 6.43. The van der Waals surface area contributed by atoms with Crippen molar-refractivity contribution in [1.82, 2.24) is 19.2 Å². The van der Waals surface area contributed by atoms with Crippen molar-refractivity contribution in [3.63, 3.8) is 0 Å². The minimum absolute atomic E-state index is 0.0859. The number of carbonyl (C=O) groups excluding carboxylic acids is 1. The number of nitrogen functional groups attached to an aromatic ring is 1. The zero-order valence-electron chi connectivity index (χ0n) is 15.2. The molecule has 2 N–H and O–H groups in total. The van der Waals surface area contributed by atoms with Crippen LogP contribution in [0.2, 0.25) is 5.02 Å². The molecule has 0 unspecified atom stereocenters. The topological polar surface area (TPSA) is 109 Å². The van der Waals surface area contributed by atoms with E-state index in [2.05, 4.69) is 9.97 Å². The van der Waals surface area contributed by atoms with E-state index in [1.165, 1.54) is 28.2 Å². The highest BCUT2D eigenvalue weighted by molar-refractivity contribution is 7.99. The van der Waals surface area contributed by atoms with E-state index in [0.29, 0.717) is 29.1 Å². The van der Waals surface area contributed by atoms with Gasteiger partial charge in [-0.25, -0.2) is 18.4 Å². The van der Waals surface area contributed by atoms with E-state index in [1.807, 2.05) is 6.92 Å². The van der Waals surface area contributed by atoms with E-state index >= 15 is 0 Å². The Morgan fingerprint density at radius 3 is 2.43 bits per heavy atom. The van der Waals surface area contributed by atoms with Crippen molar-refractivity contribution in [2.24, 2.45) is 0 Å². The summed E-state index contributed by atoms with van der Waals surface area (Å²) in [5.41, 5.74) is 6.43. The number of halogens is 1. The van der Waals surface area contributed by atoms with Gasteiger partial charge in [0, 0.05) is 43.0 Å². The molecule has 28 heavy (non-hydrogen) atoms. The van der Waals surface area contributed by atoms with Crippen molar-refractivity contribution in [3.05, 3.63) is 41.0 Å². The second-order valence-electron chi connectivity index (χ2n) is 6.24. The van der Waals surface area contributed by atoms with E-state index in [1.54, 1.807) is 23.1 Å². The number of aromatic nitrogens is 2. The van der Waals surface area contributed by atoms with Crippen molar-refractivity contribution in [1.29, 1.82) is 0 Å². The predicted octanol–water partition coefficient (Wildman–Crippen LogP) is 1.65. The van der Waals surface area contributed by atoms with Crippen molar-refractivity contribution < 1.29 is 13.2 Å². The molecule has 0 atom stereocenters. The van der Waals surface area contributed by atoms with Gasteiger partial charge in [0.05, 0.1) is 10.6 Å². The first-order valence-corrected chi connectivity index (χ1v) is 11.3. The number of benzene rings is 1. The molecule has 2 aromatic rings. The number of thioether (sulfide) groups is 1. The fourth-order valence-electron chi connectivity index (χ4n) is 2.78. The summed E-state index contributed by atoms with van der Waals surface area (Å²) < 4.78 is 26.8. The Hall–Kier alpha value is -1.88. The van der Waals surface area contributed by atoms with Gasteiger partial charge in [0.25, 0.3) is 0 Å². The number of hydrogen-bond acceptors (Lipinski definition) is 7. The summed E-state index contributed by atoms with van der Waals surface area (Å²) in [6.07, 6.45) is 0. The van der Waals surface area contributed by atoms with E-state index in [4.69, 9.17) is 17.3 Å². The van der Waals surface area contributed by atoms with Gasteiger partial charge in [-0.1, -0.05) is 23.4 Å². The minimum atomic E-state index is -3.60. The maximum absolute atomic E-state index is 12.7. The van der Waals surface area contributed by atoms with Crippen molar-refractivity contribution >= 4 is 45.1 Å². The van der Waals surface area contributed by atoms with Crippen molar-refractivity contribution in [3.8, 4) is 0 Å². The summed E-state index contributed by atoms with van der Waals surface area (Å²) in [4.78, 5) is 22.6. The summed E-state index contributed by atoms with van der Waals surface area (Å²) >= 11 is 7.04. The molecule has 1 aromatic heterocycles.